The SMILES string of the molecule is CS(=O)(=O)C1CCCC(=C2CCCNCC2)C1. The van der Waals surface area contributed by atoms with E-state index in [0.717, 1.165) is 45.2 Å². The maximum Gasteiger partial charge on any atom is 0.150 e. The third kappa shape index (κ3) is 3.55. The highest BCUT2D eigenvalue weighted by Crippen LogP contribution is 2.32. The molecule has 2 aliphatic rings. The molecule has 0 amide bonds. The van der Waals surface area contributed by atoms with Crippen molar-refractivity contribution >= 4 is 9.84 Å². The topological polar surface area (TPSA) is 46.2 Å². The number of rotatable bonds is 1. The van der Waals surface area contributed by atoms with E-state index in [4.69, 9.17) is 0 Å². The fourth-order valence-electron chi connectivity index (χ4n) is 2.98. The second-order valence-electron chi connectivity index (χ2n) is 5.36. The summed E-state index contributed by atoms with van der Waals surface area (Å²) in [4.78, 5) is 0. The van der Waals surface area contributed by atoms with Crippen LogP contribution in [0.2, 0.25) is 0 Å². The van der Waals surface area contributed by atoms with Gasteiger partial charge in [0.15, 0.2) is 9.84 Å². The fraction of sp³-hybridized carbons (Fsp3) is 0.846. The van der Waals surface area contributed by atoms with Gasteiger partial charge < -0.3 is 5.32 Å². The van der Waals surface area contributed by atoms with Crippen molar-refractivity contribution in [3.63, 3.8) is 0 Å². The van der Waals surface area contributed by atoms with E-state index in [0.29, 0.717) is 0 Å². The number of nitrogens with one attached hydrogen (secondary N) is 1. The van der Waals surface area contributed by atoms with Crippen LogP contribution >= 0.6 is 0 Å². The zero-order valence-corrected chi connectivity index (χ0v) is 11.5. The monoisotopic (exact) mass is 257 g/mol. The molecule has 2 rings (SSSR count). The molecule has 4 heteroatoms. The van der Waals surface area contributed by atoms with Gasteiger partial charge in [-0.15, -0.1) is 0 Å². The highest BCUT2D eigenvalue weighted by molar-refractivity contribution is 7.91. The highest BCUT2D eigenvalue weighted by atomic mass is 32.2. The summed E-state index contributed by atoms with van der Waals surface area (Å²) in [5.74, 6) is 0. The van der Waals surface area contributed by atoms with Gasteiger partial charge in [-0.1, -0.05) is 11.1 Å². The Kier molecular flexibility index (Phi) is 4.26. The van der Waals surface area contributed by atoms with E-state index in [1.807, 2.05) is 0 Å². The van der Waals surface area contributed by atoms with Gasteiger partial charge in [0.1, 0.15) is 0 Å². The van der Waals surface area contributed by atoms with Crippen LogP contribution in [-0.4, -0.2) is 33.0 Å². The molecule has 3 nitrogen and oxygen atoms in total. The Labute approximate surface area is 105 Å². The second kappa shape index (κ2) is 5.53. The van der Waals surface area contributed by atoms with Gasteiger partial charge in [-0.25, -0.2) is 8.42 Å². The first-order valence-electron chi connectivity index (χ1n) is 6.67. The highest BCUT2D eigenvalue weighted by Gasteiger charge is 2.26. The lowest BCUT2D eigenvalue weighted by Crippen LogP contribution is -2.24. The predicted octanol–water partition coefficient (Wildman–Crippen LogP) is 2.04. The van der Waals surface area contributed by atoms with Gasteiger partial charge in [0.05, 0.1) is 5.25 Å². The lowest BCUT2D eigenvalue weighted by molar-refractivity contribution is 0.539. The van der Waals surface area contributed by atoms with E-state index < -0.39 is 9.84 Å². The molecule has 0 radical (unpaired) electrons. The van der Waals surface area contributed by atoms with E-state index >= 15 is 0 Å². The molecular weight excluding hydrogens is 234 g/mol. The van der Waals surface area contributed by atoms with Crippen molar-refractivity contribution in [1.29, 1.82) is 0 Å². The quantitative estimate of drug-likeness (QED) is 0.731. The van der Waals surface area contributed by atoms with E-state index in [-0.39, 0.29) is 5.25 Å². The summed E-state index contributed by atoms with van der Waals surface area (Å²) in [7, 11) is -2.86. The molecule has 0 bridgehead atoms. The van der Waals surface area contributed by atoms with Crippen molar-refractivity contribution < 1.29 is 8.42 Å². The molecule has 0 aromatic rings. The van der Waals surface area contributed by atoms with Gasteiger partial charge in [-0.3, -0.25) is 0 Å². The van der Waals surface area contributed by atoms with Gasteiger partial charge in [0, 0.05) is 6.26 Å². The standard InChI is InChI=1S/C13H23NO2S/c1-17(15,16)13-6-2-4-12(10-13)11-5-3-8-14-9-7-11/h13-14H,2-10H2,1H3. The van der Waals surface area contributed by atoms with Crippen molar-refractivity contribution in [3.05, 3.63) is 11.1 Å². The van der Waals surface area contributed by atoms with Crippen LogP contribution in [0.3, 0.4) is 0 Å². The van der Waals surface area contributed by atoms with Crippen LogP contribution in [0.1, 0.15) is 44.9 Å². The number of hydrogen-bond acceptors (Lipinski definition) is 3. The summed E-state index contributed by atoms with van der Waals surface area (Å²) < 4.78 is 23.3. The van der Waals surface area contributed by atoms with Gasteiger partial charge in [-0.05, 0) is 58.0 Å². The third-order valence-corrected chi connectivity index (χ3v) is 5.63. The summed E-state index contributed by atoms with van der Waals surface area (Å²) in [6, 6.07) is 0. The maximum atomic E-state index is 11.6. The lowest BCUT2D eigenvalue weighted by atomic mass is 9.88. The van der Waals surface area contributed by atoms with Gasteiger partial charge in [-0.2, -0.15) is 0 Å². The van der Waals surface area contributed by atoms with Gasteiger partial charge in [0.2, 0.25) is 0 Å². The lowest BCUT2D eigenvalue weighted by Gasteiger charge is -2.25. The van der Waals surface area contributed by atoms with E-state index in [1.54, 1.807) is 5.57 Å². The van der Waals surface area contributed by atoms with Crippen LogP contribution in [0.5, 0.6) is 0 Å². The molecule has 17 heavy (non-hydrogen) atoms. The first-order chi connectivity index (χ1) is 8.07. The molecule has 1 saturated carbocycles. The molecule has 1 unspecified atom stereocenters. The fourth-order valence-corrected chi connectivity index (χ4v) is 4.08. The Morgan fingerprint density at radius 1 is 1.06 bits per heavy atom. The predicted molar refractivity (Wildman–Crippen MR) is 70.8 cm³/mol. The Bertz CT molecular complexity index is 388. The molecule has 0 spiro atoms. The Balaban J connectivity index is 2.12. The van der Waals surface area contributed by atoms with Crippen LogP contribution in [0.4, 0.5) is 0 Å². The van der Waals surface area contributed by atoms with Crippen LogP contribution in [-0.2, 0) is 9.84 Å². The zero-order valence-electron chi connectivity index (χ0n) is 10.7. The van der Waals surface area contributed by atoms with Crippen LogP contribution in [0, 0.1) is 0 Å². The van der Waals surface area contributed by atoms with Gasteiger partial charge in [0.25, 0.3) is 0 Å². The summed E-state index contributed by atoms with van der Waals surface area (Å²) in [5.41, 5.74) is 3.00. The van der Waals surface area contributed by atoms with Crippen LogP contribution in [0.15, 0.2) is 11.1 Å². The van der Waals surface area contributed by atoms with Crippen molar-refractivity contribution in [1.82, 2.24) is 5.32 Å². The minimum atomic E-state index is -2.86. The Morgan fingerprint density at radius 3 is 2.59 bits per heavy atom. The minimum absolute atomic E-state index is 0.116. The normalized spacial score (nSPS) is 32.2. The molecular formula is C13H23NO2S. The molecule has 1 heterocycles. The van der Waals surface area contributed by atoms with Crippen molar-refractivity contribution in [3.8, 4) is 0 Å². The Hall–Kier alpha value is -0.350. The molecule has 1 N–H and O–H groups in total. The average molecular weight is 257 g/mol. The van der Waals surface area contributed by atoms with Crippen molar-refractivity contribution in [2.45, 2.75) is 50.2 Å². The van der Waals surface area contributed by atoms with E-state index in [2.05, 4.69) is 5.32 Å². The molecule has 0 aromatic heterocycles. The third-order valence-electron chi connectivity index (χ3n) is 4.02. The van der Waals surface area contributed by atoms with Crippen LogP contribution < -0.4 is 5.32 Å². The van der Waals surface area contributed by atoms with E-state index in [1.165, 1.54) is 24.7 Å². The average Bonchev–Trinajstić information content (AvgIpc) is 2.56. The first-order valence-corrected chi connectivity index (χ1v) is 8.62. The minimum Gasteiger partial charge on any atom is -0.316 e. The molecule has 98 valence electrons. The molecule has 1 atom stereocenters. The van der Waals surface area contributed by atoms with Gasteiger partial charge >= 0.3 is 0 Å². The summed E-state index contributed by atoms with van der Waals surface area (Å²) in [5, 5.41) is 3.29. The molecule has 1 saturated heterocycles. The summed E-state index contributed by atoms with van der Waals surface area (Å²) in [6.45, 7) is 2.16. The van der Waals surface area contributed by atoms with Crippen molar-refractivity contribution in [2.75, 3.05) is 19.3 Å². The molecule has 1 aliphatic carbocycles. The molecule has 1 aliphatic heterocycles. The van der Waals surface area contributed by atoms with Crippen molar-refractivity contribution in [2.24, 2.45) is 0 Å². The Morgan fingerprint density at radius 2 is 1.82 bits per heavy atom. The second-order valence-corrected chi connectivity index (χ2v) is 7.68. The number of hydrogen-bond donors (Lipinski definition) is 1. The summed E-state index contributed by atoms with van der Waals surface area (Å²) >= 11 is 0. The van der Waals surface area contributed by atoms with Crippen LogP contribution in [0.25, 0.3) is 0 Å². The van der Waals surface area contributed by atoms with E-state index in [9.17, 15) is 8.42 Å². The smallest absolute Gasteiger partial charge is 0.150 e. The first kappa shape index (κ1) is 13.1. The summed E-state index contributed by atoms with van der Waals surface area (Å²) in [6.07, 6.45) is 8.69. The molecule has 0 aromatic carbocycles. The maximum absolute atomic E-state index is 11.6. The number of sulfone groups is 1. The number of allylic oxidation sites excluding steroid dienone is 1. The zero-order chi connectivity index (χ0) is 12.3. The molecule has 2 fully saturated rings. The largest absolute Gasteiger partial charge is 0.316 e.